The summed E-state index contributed by atoms with van der Waals surface area (Å²) in [5, 5.41) is 0.451. The SMILES string of the molecule is CCCCOc1ccc(C2c3c(oc4ccccc4c3=O)C(=O)N2c2ccc(CC)cc2)cc1OCC. The third-order valence-electron chi connectivity index (χ3n) is 6.74. The lowest BCUT2D eigenvalue weighted by molar-refractivity contribution is 0.0971. The highest BCUT2D eigenvalue weighted by Crippen LogP contribution is 2.43. The van der Waals surface area contributed by atoms with Gasteiger partial charge in [-0.25, -0.2) is 0 Å². The molecule has 0 spiro atoms. The van der Waals surface area contributed by atoms with Crippen molar-refractivity contribution in [3.63, 3.8) is 0 Å². The first-order valence-corrected chi connectivity index (χ1v) is 12.9. The Balaban J connectivity index is 1.69. The quantitative estimate of drug-likeness (QED) is 0.241. The molecule has 37 heavy (non-hydrogen) atoms. The summed E-state index contributed by atoms with van der Waals surface area (Å²) in [5.41, 5.74) is 3.14. The molecular formula is C31H31NO5. The fraction of sp³-hybridized carbons (Fsp3) is 0.290. The third-order valence-corrected chi connectivity index (χ3v) is 6.74. The fourth-order valence-corrected chi connectivity index (χ4v) is 4.80. The zero-order valence-corrected chi connectivity index (χ0v) is 21.5. The van der Waals surface area contributed by atoms with Gasteiger partial charge in [-0.05, 0) is 67.3 Å². The molecule has 0 N–H and O–H groups in total. The van der Waals surface area contributed by atoms with Gasteiger partial charge in [0.25, 0.3) is 5.91 Å². The normalized spacial score (nSPS) is 14.7. The highest BCUT2D eigenvalue weighted by atomic mass is 16.5. The molecule has 6 heteroatoms. The van der Waals surface area contributed by atoms with Crippen LogP contribution < -0.4 is 19.8 Å². The van der Waals surface area contributed by atoms with E-state index in [0.29, 0.717) is 46.9 Å². The first-order chi connectivity index (χ1) is 18.1. The average Bonchev–Trinajstić information content (AvgIpc) is 3.22. The van der Waals surface area contributed by atoms with Crippen LogP contribution in [0, 0.1) is 0 Å². The zero-order valence-electron chi connectivity index (χ0n) is 21.5. The summed E-state index contributed by atoms with van der Waals surface area (Å²) in [6.07, 6.45) is 2.85. The minimum Gasteiger partial charge on any atom is -0.490 e. The van der Waals surface area contributed by atoms with E-state index in [9.17, 15) is 9.59 Å². The lowest BCUT2D eigenvalue weighted by Crippen LogP contribution is -2.29. The Labute approximate surface area is 216 Å². The van der Waals surface area contributed by atoms with E-state index in [-0.39, 0.29) is 17.1 Å². The van der Waals surface area contributed by atoms with Crippen LogP contribution in [-0.2, 0) is 6.42 Å². The summed E-state index contributed by atoms with van der Waals surface area (Å²) >= 11 is 0. The number of aryl methyl sites for hydroxylation is 1. The van der Waals surface area contributed by atoms with Crippen LogP contribution in [-0.4, -0.2) is 19.1 Å². The van der Waals surface area contributed by atoms with Gasteiger partial charge < -0.3 is 13.9 Å². The minimum absolute atomic E-state index is 0.0782. The van der Waals surface area contributed by atoms with E-state index < -0.39 is 6.04 Å². The molecule has 0 fully saturated rings. The second-order valence-corrected chi connectivity index (χ2v) is 9.11. The number of carbonyl (C=O) groups excluding carboxylic acids is 1. The van der Waals surface area contributed by atoms with Crippen molar-refractivity contribution >= 4 is 22.6 Å². The predicted octanol–water partition coefficient (Wildman–Crippen LogP) is 6.68. The number of anilines is 1. The third kappa shape index (κ3) is 4.48. The molecule has 1 atom stereocenters. The van der Waals surface area contributed by atoms with Crippen LogP contribution in [0.15, 0.2) is 75.9 Å². The van der Waals surface area contributed by atoms with Crippen molar-refractivity contribution in [2.75, 3.05) is 18.1 Å². The first-order valence-electron chi connectivity index (χ1n) is 12.9. The molecule has 6 nitrogen and oxygen atoms in total. The molecule has 0 saturated carbocycles. The molecule has 190 valence electrons. The van der Waals surface area contributed by atoms with Crippen molar-refractivity contribution in [3.05, 3.63) is 99.4 Å². The Hall–Kier alpha value is -4.06. The van der Waals surface area contributed by atoms with Gasteiger partial charge in [-0.2, -0.15) is 0 Å². The molecule has 5 rings (SSSR count). The van der Waals surface area contributed by atoms with Gasteiger partial charge in [0.1, 0.15) is 5.58 Å². The van der Waals surface area contributed by atoms with Crippen molar-refractivity contribution in [3.8, 4) is 11.5 Å². The molecule has 1 unspecified atom stereocenters. The minimum atomic E-state index is -0.667. The number of benzene rings is 3. The molecule has 0 bridgehead atoms. The summed E-state index contributed by atoms with van der Waals surface area (Å²) < 4.78 is 18.0. The number of para-hydroxylation sites is 1. The topological polar surface area (TPSA) is 69.0 Å². The number of amides is 1. The summed E-state index contributed by atoms with van der Waals surface area (Å²) in [6, 6.07) is 19.9. The highest BCUT2D eigenvalue weighted by molar-refractivity contribution is 6.10. The summed E-state index contributed by atoms with van der Waals surface area (Å²) in [6.45, 7) is 7.16. The van der Waals surface area contributed by atoms with Gasteiger partial charge in [-0.15, -0.1) is 0 Å². The molecule has 0 aliphatic carbocycles. The molecule has 1 aliphatic heterocycles. The largest absolute Gasteiger partial charge is 0.490 e. The van der Waals surface area contributed by atoms with Crippen molar-refractivity contribution in [2.24, 2.45) is 0 Å². The van der Waals surface area contributed by atoms with Crippen LogP contribution in [0.3, 0.4) is 0 Å². The van der Waals surface area contributed by atoms with E-state index in [4.69, 9.17) is 13.9 Å². The van der Waals surface area contributed by atoms with E-state index in [0.717, 1.165) is 30.4 Å². The van der Waals surface area contributed by atoms with Crippen LogP contribution >= 0.6 is 0 Å². The van der Waals surface area contributed by atoms with Gasteiger partial charge in [0.15, 0.2) is 16.9 Å². The number of hydrogen-bond acceptors (Lipinski definition) is 5. The molecule has 0 radical (unpaired) electrons. The standard InChI is InChI=1S/C31H31NO5/c1-4-7-18-36-25-17-14-21(19-26(25)35-6-3)28-27-29(33)23-10-8-9-11-24(23)37-30(27)31(34)32(28)22-15-12-20(5-2)13-16-22/h8-17,19,28H,4-7,18H2,1-3H3. The zero-order chi connectivity index (χ0) is 25.9. The number of fused-ring (bicyclic) bond motifs is 2. The molecule has 1 aromatic heterocycles. The van der Waals surface area contributed by atoms with E-state index in [1.165, 1.54) is 0 Å². The monoisotopic (exact) mass is 497 g/mol. The van der Waals surface area contributed by atoms with Crippen LogP contribution in [0.25, 0.3) is 11.0 Å². The molecule has 1 aliphatic rings. The van der Waals surface area contributed by atoms with Gasteiger partial charge in [0.2, 0.25) is 5.76 Å². The predicted molar refractivity (Wildman–Crippen MR) is 145 cm³/mol. The average molecular weight is 498 g/mol. The van der Waals surface area contributed by atoms with Gasteiger partial charge in [-0.3, -0.25) is 14.5 Å². The Kier molecular flexibility index (Phi) is 6.99. The summed E-state index contributed by atoms with van der Waals surface area (Å²) in [7, 11) is 0. The maximum atomic E-state index is 13.8. The molecular weight excluding hydrogens is 466 g/mol. The first kappa shape index (κ1) is 24.6. The van der Waals surface area contributed by atoms with Crippen LogP contribution in [0.4, 0.5) is 5.69 Å². The number of ether oxygens (including phenoxy) is 2. The molecule has 3 aromatic carbocycles. The Morgan fingerprint density at radius 1 is 0.892 bits per heavy atom. The van der Waals surface area contributed by atoms with E-state index in [1.807, 2.05) is 49.4 Å². The van der Waals surface area contributed by atoms with Gasteiger partial charge in [-0.1, -0.05) is 50.6 Å². The van der Waals surface area contributed by atoms with Crippen LogP contribution in [0.1, 0.15) is 66.9 Å². The maximum Gasteiger partial charge on any atom is 0.295 e. The fourth-order valence-electron chi connectivity index (χ4n) is 4.80. The second kappa shape index (κ2) is 10.5. The molecule has 2 heterocycles. The summed E-state index contributed by atoms with van der Waals surface area (Å²) in [5.74, 6) is 0.972. The van der Waals surface area contributed by atoms with Crippen molar-refractivity contribution in [1.29, 1.82) is 0 Å². The molecule has 1 amide bonds. The van der Waals surface area contributed by atoms with E-state index >= 15 is 0 Å². The lowest BCUT2D eigenvalue weighted by Gasteiger charge is -2.26. The van der Waals surface area contributed by atoms with Crippen LogP contribution in [0.2, 0.25) is 0 Å². The van der Waals surface area contributed by atoms with Gasteiger partial charge in [0.05, 0.1) is 30.2 Å². The number of nitrogens with zero attached hydrogens (tertiary/aromatic N) is 1. The van der Waals surface area contributed by atoms with Crippen molar-refractivity contribution < 1.29 is 18.7 Å². The van der Waals surface area contributed by atoms with E-state index in [1.54, 1.807) is 29.2 Å². The number of rotatable bonds is 9. The molecule has 0 saturated heterocycles. The van der Waals surface area contributed by atoms with E-state index in [2.05, 4.69) is 13.8 Å². The molecule has 4 aromatic rings. The number of unbranched alkanes of at least 4 members (excludes halogenated alkanes) is 1. The number of hydrogen-bond donors (Lipinski definition) is 0. The van der Waals surface area contributed by atoms with Gasteiger partial charge >= 0.3 is 0 Å². The Morgan fingerprint density at radius 2 is 1.68 bits per heavy atom. The Morgan fingerprint density at radius 3 is 2.41 bits per heavy atom. The lowest BCUT2D eigenvalue weighted by atomic mass is 9.97. The second-order valence-electron chi connectivity index (χ2n) is 9.11. The smallest absolute Gasteiger partial charge is 0.295 e. The Bertz CT molecular complexity index is 1490. The summed E-state index contributed by atoms with van der Waals surface area (Å²) in [4.78, 5) is 29.3. The van der Waals surface area contributed by atoms with Crippen LogP contribution in [0.5, 0.6) is 11.5 Å². The maximum absolute atomic E-state index is 13.8. The number of carbonyl (C=O) groups is 1. The van der Waals surface area contributed by atoms with Crippen molar-refractivity contribution in [2.45, 2.75) is 46.1 Å². The van der Waals surface area contributed by atoms with Crippen molar-refractivity contribution in [1.82, 2.24) is 0 Å². The highest BCUT2D eigenvalue weighted by Gasteiger charge is 2.44. The van der Waals surface area contributed by atoms with Gasteiger partial charge in [0, 0.05) is 5.69 Å².